The number of unbranched alkanes of at least 4 members (excludes halogenated alkanes) is 1. The van der Waals surface area contributed by atoms with Crippen LogP contribution in [0.5, 0.6) is 5.75 Å². The van der Waals surface area contributed by atoms with E-state index in [0.717, 1.165) is 33.3 Å². The standard InChI is InChI=1S/C25H28O3S/c1-3-5-20-27-21-16-18-24(19-17-21)29(28-25(26)4-2,22-12-8-6-9-13-22)23-14-10-7-11-15-23/h6-19H,3-5,20H2,1-2H3. The molecule has 0 atom stereocenters. The molecule has 0 aromatic heterocycles. The maximum absolute atomic E-state index is 12.6. The molecule has 0 unspecified atom stereocenters. The summed E-state index contributed by atoms with van der Waals surface area (Å²) in [5, 5.41) is 0. The van der Waals surface area contributed by atoms with E-state index in [1.807, 2.05) is 91.9 Å². The number of hydrogen-bond donors (Lipinski definition) is 0. The van der Waals surface area contributed by atoms with Crippen LogP contribution in [0.4, 0.5) is 0 Å². The summed E-state index contributed by atoms with van der Waals surface area (Å²) in [5.41, 5.74) is 0. The molecule has 29 heavy (non-hydrogen) atoms. The first-order valence-electron chi connectivity index (χ1n) is 10.1. The van der Waals surface area contributed by atoms with Gasteiger partial charge in [0.05, 0.1) is 6.61 Å². The SMILES string of the molecule is CCCCOc1ccc(S(OC(=O)CC)(c2ccccc2)c2ccccc2)cc1. The highest BCUT2D eigenvalue weighted by Gasteiger charge is 2.35. The maximum Gasteiger partial charge on any atom is 0.316 e. The Morgan fingerprint density at radius 3 is 1.76 bits per heavy atom. The van der Waals surface area contributed by atoms with Crippen LogP contribution in [-0.4, -0.2) is 12.6 Å². The average Bonchev–Trinajstić information content (AvgIpc) is 2.79. The molecule has 0 saturated heterocycles. The summed E-state index contributed by atoms with van der Waals surface area (Å²) in [6.07, 6.45) is 2.45. The maximum atomic E-state index is 12.6. The molecule has 0 N–H and O–H groups in total. The van der Waals surface area contributed by atoms with Gasteiger partial charge in [0.2, 0.25) is 0 Å². The number of ether oxygens (including phenoxy) is 1. The molecule has 3 aromatic carbocycles. The molecule has 0 saturated carbocycles. The fourth-order valence-corrected chi connectivity index (χ4v) is 6.14. The number of carbonyl (C=O) groups excluding carboxylic acids is 1. The number of benzene rings is 3. The molecule has 0 aliphatic rings. The Morgan fingerprint density at radius 2 is 1.28 bits per heavy atom. The Labute approximate surface area is 175 Å². The molecule has 3 nitrogen and oxygen atoms in total. The molecule has 4 heteroatoms. The van der Waals surface area contributed by atoms with Crippen molar-refractivity contribution in [3.8, 4) is 5.75 Å². The van der Waals surface area contributed by atoms with Gasteiger partial charge in [0.25, 0.3) is 0 Å². The highest BCUT2D eigenvalue weighted by atomic mass is 32.3. The summed E-state index contributed by atoms with van der Waals surface area (Å²) >= 11 is 0. The lowest BCUT2D eigenvalue weighted by molar-refractivity contribution is -0.133. The Bertz CT molecular complexity index is 853. The molecular formula is C25H28O3S. The van der Waals surface area contributed by atoms with E-state index in [9.17, 15) is 4.79 Å². The van der Waals surface area contributed by atoms with Crippen LogP contribution in [0.3, 0.4) is 0 Å². The highest BCUT2D eigenvalue weighted by Crippen LogP contribution is 2.69. The van der Waals surface area contributed by atoms with Gasteiger partial charge >= 0.3 is 5.97 Å². The van der Waals surface area contributed by atoms with Gasteiger partial charge in [0, 0.05) is 21.1 Å². The molecular weight excluding hydrogens is 380 g/mol. The van der Waals surface area contributed by atoms with Crippen LogP contribution < -0.4 is 4.74 Å². The summed E-state index contributed by atoms with van der Waals surface area (Å²) in [6, 6.07) is 28.1. The Hall–Kier alpha value is -2.72. The average molecular weight is 409 g/mol. The summed E-state index contributed by atoms with van der Waals surface area (Å²) < 4.78 is 12.1. The summed E-state index contributed by atoms with van der Waals surface area (Å²) in [4.78, 5) is 15.5. The van der Waals surface area contributed by atoms with Crippen LogP contribution in [0.2, 0.25) is 0 Å². The predicted molar refractivity (Wildman–Crippen MR) is 119 cm³/mol. The van der Waals surface area contributed by atoms with E-state index in [4.69, 9.17) is 8.92 Å². The van der Waals surface area contributed by atoms with Crippen molar-refractivity contribution in [3.63, 3.8) is 0 Å². The minimum absolute atomic E-state index is 0.212. The zero-order chi connectivity index (χ0) is 20.5. The topological polar surface area (TPSA) is 35.5 Å². The fourth-order valence-electron chi connectivity index (χ4n) is 3.04. The number of carbonyl (C=O) groups is 1. The second-order valence-corrected chi connectivity index (χ2v) is 9.36. The van der Waals surface area contributed by atoms with E-state index in [1.54, 1.807) is 0 Å². The van der Waals surface area contributed by atoms with Crippen molar-refractivity contribution in [2.24, 2.45) is 0 Å². The second-order valence-electron chi connectivity index (χ2n) is 6.66. The molecule has 0 spiro atoms. The lowest BCUT2D eigenvalue weighted by atomic mass is 10.3. The van der Waals surface area contributed by atoms with E-state index in [-0.39, 0.29) is 5.97 Å². The van der Waals surface area contributed by atoms with Crippen molar-refractivity contribution in [3.05, 3.63) is 84.9 Å². The van der Waals surface area contributed by atoms with Crippen LogP contribution >= 0.6 is 10.3 Å². The van der Waals surface area contributed by atoms with E-state index in [0.29, 0.717) is 13.0 Å². The van der Waals surface area contributed by atoms with Gasteiger partial charge in [-0.15, -0.1) is 0 Å². The van der Waals surface area contributed by atoms with Crippen LogP contribution in [0.1, 0.15) is 33.1 Å². The zero-order valence-corrected chi connectivity index (χ0v) is 17.9. The summed E-state index contributed by atoms with van der Waals surface area (Å²) in [5.74, 6) is 0.620. The predicted octanol–water partition coefficient (Wildman–Crippen LogP) is 7.02. The lowest BCUT2D eigenvalue weighted by Gasteiger charge is -2.39. The minimum atomic E-state index is -2.19. The largest absolute Gasteiger partial charge is 0.494 e. The molecule has 0 amide bonds. The Kier molecular flexibility index (Phi) is 7.36. The molecule has 0 bridgehead atoms. The fraction of sp³-hybridized carbons (Fsp3) is 0.240. The third-order valence-electron chi connectivity index (χ3n) is 4.58. The van der Waals surface area contributed by atoms with Gasteiger partial charge in [-0.3, -0.25) is 4.79 Å². The molecule has 0 radical (unpaired) electrons. The lowest BCUT2D eigenvalue weighted by Crippen LogP contribution is -2.13. The van der Waals surface area contributed by atoms with Gasteiger partial charge in [-0.05, 0) is 65.3 Å². The van der Waals surface area contributed by atoms with Crippen LogP contribution in [-0.2, 0) is 8.98 Å². The van der Waals surface area contributed by atoms with Crippen molar-refractivity contribution in [2.45, 2.75) is 47.8 Å². The van der Waals surface area contributed by atoms with Crippen molar-refractivity contribution < 1.29 is 13.7 Å². The molecule has 0 aliphatic heterocycles. The molecule has 3 rings (SSSR count). The summed E-state index contributed by atoms with van der Waals surface area (Å²) in [7, 11) is -2.19. The Morgan fingerprint density at radius 1 is 0.759 bits per heavy atom. The van der Waals surface area contributed by atoms with Gasteiger partial charge in [0.15, 0.2) is 0 Å². The van der Waals surface area contributed by atoms with Gasteiger partial charge < -0.3 is 8.92 Å². The third kappa shape index (κ3) is 4.83. The second kappa shape index (κ2) is 10.2. The van der Waals surface area contributed by atoms with E-state index < -0.39 is 10.3 Å². The van der Waals surface area contributed by atoms with E-state index in [2.05, 4.69) is 6.92 Å². The Balaban J connectivity index is 2.12. The van der Waals surface area contributed by atoms with Crippen LogP contribution in [0.15, 0.2) is 99.6 Å². The molecule has 0 fully saturated rings. The molecule has 3 aromatic rings. The third-order valence-corrected chi connectivity index (χ3v) is 7.82. The first-order valence-corrected chi connectivity index (χ1v) is 11.6. The van der Waals surface area contributed by atoms with Gasteiger partial charge in [-0.1, -0.05) is 56.7 Å². The molecule has 0 heterocycles. The smallest absolute Gasteiger partial charge is 0.316 e. The van der Waals surface area contributed by atoms with Crippen LogP contribution in [0, 0.1) is 0 Å². The normalized spacial score (nSPS) is 11.7. The van der Waals surface area contributed by atoms with Crippen molar-refractivity contribution >= 4 is 16.3 Å². The zero-order valence-electron chi connectivity index (χ0n) is 17.0. The summed E-state index contributed by atoms with van der Waals surface area (Å²) in [6.45, 7) is 4.68. The first-order chi connectivity index (χ1) is 14.2. The van der Waals surface area contributed by atoms with Crippen molar-refractivity contribution in [2.75, 3.05) is 6.61 Å². The van der Waals surface area contributed by atoms with E-state index in [1.165, 1.54) is 0 Å². The first kappa shape index (κ1) is 21.0. The van der Waals surface area contributed by atoms with Gasteiger partial charge in [0.1, 0.15) is 5.75 Å². The quantitative estimate of drug-likeness (QED) is 0.357. The van der Waals surface area contributed by atoms with E-state index >= 15 is 0 Å². The molecule has 152 valence electrons. The van der Waals surface area contributed by atoms with Gasteiger partial charge in [-0.2, -0.15) is 0 Å². The number of hydrogen-bond acceptors (Lipinski definition) is 3. The van der Waals surface area contributed by atoms with Gasteiger partial charge in [-0.25, -0.2) is 0 Å². The monoisotopic (exact) mass is 408 g/mol. The highest BCUT2D eigenvalue weighted by molar-refractivity contribution is 8.30. The number of rotatable bonds is 9. The minimum Gasteiger partial charge on any atom is -0.494 e. The molecule has 0 aliphatic carbocycles. The van der Waals surface area contributed by atoms with Crippen molar-refractivity contribution in [1.82, 2.24) is 0 Å². The van der Waals surface area contributed by atoms with Crippen molar-refractivity contribution in [1.29, 1.82) is 0 Å². The van der Waals surface area contributed by atoms with Crippen LogP contribution in [0.25, 0.3) is 0 Å².